The first kappa shape index (κ1) is 19.0. The SMILES string of the molecule is Cc1ccc(-c2ccc(N3CCN(S(=O)(=O)c4cccs4)CC3)nn2)cc1C. The Labute approximate surface area is 169 Å². The van der Waals surface area contributed by atoms with Crippen molar-refractivity contribution >= 4 is 27.2 Å². The molecule has 0 aliphatic carbocycles. The second-order valence-corrected chi connectivity index (χ2v) is 10.0. The van der Waals surface area contributed by atoms with E-state index < -0.39 is 10.0 Å². The van der Waals surface area contributed by atoms with Gasteiger partial charge in [0.25, 0.3) is 10.0 Å². The van der Waals surface area contributed by atoms with Gasteiger partial charge in [0.2, 0.25) is 0 Å². The number of hydrogen-bond acceptors (Lipinski definition) is 6. The summed E-state index contributed by atoms with van der Waals surface area (Å²) in [5, 5.41) is 10.5. The molecule has 28 heavy (non-hydrogen) atoms. The van der Waals surface area contributed by atoms with Crippen LogP contribution in [0.3, 0.4) is 0 Å². The van der Waals surface area contributed by atoms with Crippen molar-refractivity contribution in [2.75, 3.05) is 31.1 Å². The van der Waals surface area contributed by atoms with Gasteiger partial charge in [0, 0.05) is 31.7 Å². The minimum Gasteiger partial charge on any atom is -0.352 e. The summed E-state index contributed by atoms with van der Waals surface area (Å²) in [4.78, 5) is 2.08. The van der Waals surface area contributed by atoms with Crippen LogP contribution in [0.5, 0.6) is 0 Å². The summed E-state index contributed by atoms with van der Waals surface area (Å²) in [5.74, 6) is 0.778. The van der Waals surface area contributed by atoms with E-state index in [1.807, 2.05) is 12.1 Å². The fourth-order valence-electron chi connectivity index (χ4n) is 3.24. The molecule has 1 aliphatic rings. The zero-order chi connectivity index (χ0) is 19.7. The van der Waals surface area contributed by atoms with Crippen molar-refractivity contribution in [1.82, 2.24) is 14.5 Å². The first-order chi connectivity index (χ1) is 13.4. The smallest absolute Gasteiger partial charge is 0.252 e. The van der Waals surface area contributed by atoms with E-state index in [1.165, 1.54) is 22.5 Å². The lowest BCUT2D eigenvalue weighted by Gasteiger charge is -2.34. The molecule has 1 aromatic carbocycles. The van der Waals surface area contributed by atoms with Gasteiger partial charge in [-0.05, 0) is 54.6 Å². The molecule has 0 spiro atoms. The molecule has 3 aromatic rings. The quantitative estimate of drug-likeness (QED) is 0.655. The summed E-state index contributed by atoms with van der Waals surface area (Å²) in [6.07, 6.45) is 0. The summed E-state index contributed by atoms with van der Waals surface area (Å²) < 4.78 is 27.2. The summed E-state index contributed by atoms with van der Waals surface area (Å²) in [6.45, 7) is 6.27. The van der Waals surface area contributed by atoms with Crippen molar-refractivity contribution in [3.8, 4) is 11.3 Å². The molecule has 6 nitrogen and oxygen atoms in total. The van der Waals surface area contributed by atoms with Crippen molar-refractivity contribution in [1.29, 1.82) is 0 Å². The molecule has 2 aromatic heterocycles. The van der Waals surface area contributed by atoms with E-state index in [0.29, 0.717) is 30.4 Å². The second-order valence-electron chi connectivity index (χ2n) is 6.90. The topological polar surface area (TPSA) is 66.4 Å². The Morgan fingerprint density at radius 3 is 2.32 bits per heavy atom. The summed E-state index contributed by atoms with van der Waals surface area (Å²) >= 11 is 1.26. The molecule has 146 valence electrons. The fourth-order valence-corrected chi connectivity index (χ4v) is 5.81. The Bertz CT molecular complexity index is 1060. The van der Waals surface area contributed by atoms with Gasteiger partial charge in [-0.15, -0.1) is 21.5 Å². The predicted molar refractivity (Wildman–Crippen MR) is 112 cm³/mol. The highest BCUT2D eigenvalue weighted by Crippen LogP contribution is 2.24. The molecule has 4 rings (SSSR count). The number of anilines is 1. The standard InChI is InChI=1S/C20H22N4O2S2/c1-15-5-6-17(14-16(15)2)18-7-8-19(22-21-18)23-9-11-24(12-10-23)28(25,26)20-4-3-13-27-20/h3-8,13-14H,9-12H2,1-2H3. The molecule has 1 fully saturated rings. The number of aromatic nitrogens is 2. The van der Waals surface area contributed by atoms with Crippen LogP contribution in [-0.4, -0.2) is 49.1 Å². The van der Waals surface area contributed by atoms with Crippen molar-refractivity contribution in [2.24, 2.45) is 0 Å². The summed E-state index contributed by atoms with van der Waals surface area (Å²) in [5.41, 5.74) is 4.37. The maximum atomic E-state index is 12.6. The van der Waals surface area contributed by atoms with Crippen LogP contribution >= 0.6 is 11.3 Å². The molecule has 3 heterocycles. The van der Waals surface area contributed by atoms with Gasteiger partial charge < -0.3 is 4.90 Å². The van der Waals surface area contributed by atoms with Crippen LogP contribution in [0.15, 0.2) is 52.1 Å². The summed E-state index contributed by atoms with van der Waals surface area (Å²) in [6, 6.07) is 13.6. The molecular weight excluding hydrogens is 392 g/mol. The highest BCUT2D eigenvalue weighted by molar-refractivity contribution is 7.91. The number of rotatable bonds is 4. The van der Waals surface area contributed by atoms with Crippen LogP contribution in [0, 0.1) is 13.8 Å². The van der Waals surface area contributed by atoms with Gasteiger partial charge in [-0.2, -0.15) is 4.31 Å². The van der Waals surface area contributed by atoms with E-state index in [-0.39, 0.29) is 0 Å². The van der Waals surface area contributed by atoms with Crippen LogP contribution in [0.4, 0.5) is 5.82 Å². The molecule has 0 amide bonds. The second kappa shape index (κ2) is 7.62. The Morgan fingerprint density at radius 1 is 0.929 bits per heavy atom. The van der Waals surface area contributed by atoms with Crippen LogP contribution in [0.2, 0.25) is 0 Å². The largest absolute Gasteiger partial charge is 0.352 e. The van der Waals surface area contributed by atoms with Crippen LogP contribution in [0.25, 0.3) is 11.3 Å². The first-order valence-electron chi connectivity index (χ1n) is 9.15. The van der Waals surface area contributed by atoms with Gasteiger partial charge in [0.1, 0.15) is 4.21 Å². The number of piperazine rings is 1. The van der Waals surface area contributed by atoms with Gasteiger partial charge in [-0.25, -0.2) is 8.42 Å². The Morgan fingerprint density at radius 2 is 1.71 bits per heavy atom. The van der Waals surface area contributed by atoms with E-state index >= 15 is 0 Å². The van der Waals surface area contributed by atoms with Crippen molar-refractivity contribution < 1.29 is 8.42 Å². The van der Waals surface area contributed by atoms with E-state index in [0.717, 1.165) is 17.1 Å². The van der Waals surface area contributed by atoms with Gasteiger partial charge >= 0.3 is 0 Å². The fraction of sp³-hybridized carbons (Fsp3) is 0.300. The van der Waals surface area contributed by atoms with Gasteiger partial charge in [-0.3, -0.25) is 0 Å². The lowest BCUT2D eigenvalue weighted by molar-refractivity contribution is 0.384. The Hall–Kier alpha value is -2.29. The van der Waals surface area contributed by atoms with Gasteiger partial charge in [-0.1, -0.05) is 18.2 Å². The predicted octanol–water partition coefficient (Wildman–Crippen LogP) is 3.33. The Balaban J connectivity index is 1.44. The maximum absolute atomic E-state index is 12.6. The van der Waals surface area contributed by atoms with Crippen LogP contribution in [0.1, 0.15) is 11.1 Å². The monoisotopic (exact) mass is 414 g/mol. The zero-order valence-electron chi connectivity index (χ0n) is 15.9. The zero-order valence-corrected chi connectivity index (χ0v) is 17.5. The van der Waals surface area contributed by atoms with Gasteiger partial charge in [0.15, 0.2) is 5.82 Å². The number of hydrogen-bond donors (Lipinski definition) is 0. The van der Waals surface area contributed by atoms with Crippen LogP contribution < -0.4 is 4.90 Å². The third-order valence-corrected chi connectivity index (χ3v) is 8.38. The van der Waals surface area contributed by atoms with Crippen molar-refractivity contribution in [3.05, 3.63) is 59.0 Å². The molecule has 0 radical (unpaired) electrons. The molecule has 0 atom stereocenters. The highest BCUT2D eigenvalue weighted by atomic mass is 32.2. The third kappa shape index (κ3) is 3.67. The highest BCUT2D eigenvalue weighted by Gasteiger charge is 2.29. The molecular formula is C20H22N4O2S2. The van der Waals surface area contributed by atoms with E-state index in [2.05, 4.69) is 47.1 Å². The Kier molecular flexibility index (Phi) is 5.18. The van der Waals surface area contributed by atoms with Crippen molar-refractivity contribution in [3.63, 3.8) is 0 Å². The molecule has 1 aliphatic heterocycles. The molecule has 0 unspecified atom stereocenters. The van der Waals surface area contributed by atoms with Gasteiger partial charge in [0.05, 0.1) is 5.69 Å². The number of sulfonamides is 1. The number of nitrogens with zero attached hydrogens (tertiary/aromatic N) is 4. The average molecular weight is 415 g/mol. The van der Waals surface area contributed by atoms with Crippen LogP contribution in [-0.2, 0) is 10.0 Å². The van der Waals surface area contributed by atoms with E-state index in [9.17, 15) is 8.42 Å². The molecule has 8 heteroatoms. The molecule has 0 N–H and O–H groups in total. The van der Waals surface area contributed by atoms with E-state index in [4.69, 9.17) is 0 Å². The maximum Gasteiger partial charge on any atom is 0.252 e. The van der Waals surface area contributed by atoms with Crippen molar-refractivity contribution in [2.45, 2.75) is 18.1 Å². The minimum absolute atomic E-state index is 0.401. The lowest BCUT2D eigenvalue weighted by atomic mass is 10.0. The number of benzene rings is 1. The molecule has 1 saturated heterocycles. The number of thiophene rings is 1. The first-order valence-corrected chi connectivity index (χ1v) is 11.5. The lowest BCUT2D eigenvalue weighted by Crippen LogP contribution is -2.48. The average Bonchev–Trinajstić information content (AvgIpc) is 3.26. The minimum atomic E-state index is -3.39. The number of aryl methyl sites for hydroxylation is 2. The summed E-state index contributed by atoms with van der Waals surface area (Å²) in [7, 11) is -3.39. The van der Waals surface area contributed by atoms with E-state index in [1.54, 1.807) is 21.8 Å². The molecule has 0 bridgehead atoms. The third-order valence-electron chi connectivity index (χ3n) is 5.10. The normalized spacial score (nSPS) is 15.7. The molecule has 0 saturated carbocycles.